The Hall–Kier alpha value is -0.790. The molecular formula is C11H20O2. The maximum atomic E-state index is 10.4. The van der Waals surface area contributed by atoms with Crippen molar-refractivity contribution in [1.82, 2.24) is 0 Å². The summed E-state index contributed by atoms with van der Waals surface area (Å²) in [6.45, 7) is 10.6. The molecule has 0 rings (SSSR count). The first-order chi connectivity index (χ1) is 5.73. The van der Waals surface area contributed by atoms with Gasteiger partial charge in [0.2, 0.25) is 0 Å². The molecule has 13 heavy (non-hydrogen) atoms. The van der Waals surface area contributed by atoms with Crippen molar-refractivity contribution in [2.75, 3.05) is 0 Å². The summed E-state index contributed by atoms with van der Waals surface area (Å²) in [5, 5.41) is 8.53. The molecule has 0 saturated carbocycles. The number of carbonyl (C=O) groups is 1. The summed E-state index contributed by atoms with van der Waals surface area (Å²) >= 11 is 0. The summed E-state index contributed by atoms with van der Waals surface area (Å²) < 4.78 is 0. The third-order valence-corrected chi connectivity index (χ3v) is 3.27. The van der Waals surface area contributed by atoms with Crippen LogP contribution in [0.25, 0.3) is 0 Å². The van der Waals surface area contributed by atoms with E-state index in [-0.39, 0.29) is 10.8 Å². The fourth-order valence-corrected chi connectivity index (χ4v) is 0.961. The Labute approximate surface area is 80.7 Å². The number of carboxylic acid groups (broad SMARTS) is 1. The van der Waals surface area contributed by atoms with Crippen molar-refractivity contribution >= 4 is 5.97 Å². The van der Waals surface area contributed by atoms with Gasteiger partial charge in [0.1, 0.15) is 0 Å². The highest BCUT2D eigenvalue weighted by Gasteiger charge is 2.32. The second-order valence-corrected chi connectivity index (χ2v) is 4.63. The molecule has 0 bridgehead atoms. The van der Waals surface area contributed by atoms with Crippen LogP contribution in [0.4, 0.5) is 0 Å². The number of rotatable bonds is 4. The molecule has 0 spiro atoms. The van der Waals surface area contributed by atoms with Crippen molar-refractivity contribution in [3.63, 3.8) is 0 Å². The van der Waals surface area contributed by atoms with Gasteiger partial charge in [-0.25, -0.2) is 4.79 Å². The van der Waals surface area contributed by atoms with E-state index >= 15 is 0 Å². The summed E-state index contributed by atoms with van der Waals surface area (Å²) in [6.07, 6.45) is 4.04. The molecule has 0 saturated heterocycles. The third-order valence-electron chi connectivity index (χ3n) is 3.27. The van der Waals surface area contributed by atoms with Gasteiger partial charge in [0.25, 0.3) is 0 Å². The highest BCUT2D eigenvalue weighted by atomic mass is 16.4. The van der Waals surface area contributed by atoms with E-state index in [1.165, 1.54) is 6.08 Å². The molecular weight excluding hydrogens is 164 g/mol. The summed E-state index contributed by atoms with van der Waals surface area (Å²) in [7, 11) is 0. The fourth-order valence-electron chi connectivity index (χ4n) is 0.961. The fraction of sp³-hybridized carbons (Fsp3) is 0.727. The molecule has 76 valence electrons. The average molecular weight is 184 g/mol. The first-order valence-corrected chi connectivity index (χ1v) is 4.65. The molecule has 2 heteroatoms. The lowest BCUT2D eigenvalue weighted by molar-refractivity contribution is -0.131. The van der Waals surface area contributed by atoms with Crippen LogP contribution in [-0.4, -0.2) is 11.1 Å². The van der Waals surface area contributed by atoms with E-state index in [0.29, 0.717) is 0 Å². The Morgan fingerprint density at radius 1 is 1.31 bits per heavy atom. The first kappa shape index (κ1) is 12.2. The molecule has 0 aromatic rings. The second kappa shape index (κ2) is 3.95. The molecule has 0 fully saturated rings. The Kier molecular flexibility index (Phi) is 3.71. The molecule has 0 atom stereocenters. The summed E-state index contributed by atoms with van der Waals surface area (Å²) in [4.78, 5) is 10.4. The Balaban J connectivity index is 4.66. The molecule has 0 aliphatic rings. The normalized spacial score (nSPS) is 13.6. The van der Waals surface area contributed by atoms with Crippen LogP contribution in [0, 0.1) is 10.8 Å². The van der Waals surface area contributed by atoms with E-state index in [1.807, 2.05) is 0 Å². The van der Waals surface area contributed by atoms with Gasteiger partial charge in [-0.2, -0.15) is 0 Å². The number of hydrogen-bond acceptors (Lipinski definition) is 1. The van der Waals surface area contributed by atoms with Crippen molar-refractivity contribution in [1.29, 1.82) is 0 Å². The lowest BCUT2D eigenvalue weighted by Gasteiger charge is -2.38. The van der Waals surface area contributed by atoms with Gasteiger partial charge >= 0.3 is 5.97 Å². The van der Waals surface area contributed by atoms with Gasteiger partial charge in [0.15, 0.2) is 0 Å². The van der Waals surface area contributed by atoms with Crippen molar-refractivity contribution < 1.29 is 9.90 Å². The first-order valence-electron chi connectivity index (χ1n) is 4.65. The Bertz CT molecular complexity index is 212. The number of allylic oxidation sites excluding steroid dienone is 1. The molecule has 2 nitrogen and oxygen atoms in total. The van der Waals surface area contributed by atoms with E-state index < -0.39 is 5.97 Å². The molecule has 0 aliphatic heterocycles. The molecule has 0 aromatic heterocycles. The Morgan fingerprint density at radius 2 is 1.77 bits per heavy atom. The monoisotopic (exact) mass is 184 g/mol. The highest BCUT2D eigenvalue weighted by molar-refractivity contribution is 5.79. The smallest absolute Gasteiger partial charge is 0.327 e. The topological polar surface area (TPSA) is 37.3 Å². The van der Waals surface area contributed by atoms with E-state index in [4.69, 9.17) is 5.11 Å². The van der Waals surface area contributed by atoms with Gasteiger partial charge in [-0.15, -0.1) is 0 Å². The minimum absolute atomic E-state index is 0.0832. The van der Waals surface area contributed by atoms with Crippen LogP contribution in [-0.2, 0) is 4.79 Å². The molecule has 0 unspecified atom stereocenters. The number of aliphatic carboxylic acids is 1. The van der Waals surface area contributed by atoms with Crippen molar-refractivity contribution in [2.24, 2.45) is 10.8 Å². The summed E-state index contributed by atoms with van der Waals surface area (Å²) in [5.74, 6) is -0.875. The quantitative estimate of drug-likeness (QED) is 0.682. The molecule has 0 amide bonds. The van der Waals surface area contributed by atoms with Crippen LogP contribution >= 0.6 is 0 Å². The zero-order chi connectivity index (χ0) is 10.7. The standard InChI is InChI=1S/C11H20O2/c1-6-10(2,3)11(4,5)8-7-9(12)13/h7-8H,6H2,1-5H3,(H,12,13). The predicted octanol–water partition coefficient (Wildman–Crippen LogP) is 3.09. The van der Waals surface area contributed by atoms with Gasteiger partial charge in [0.05, 0.1) is 0 Å². The largest absolute Gasteiger partial charge is 0.478 e. The lowest BCUT2D eigenvalue weighted by Crippen LogP contribution is -2.30. The van der Waals surface area contributed by atoms with Gasteiger partial charge in [-0.1, -0.05) is 47.1 Å². The van der Waals surface area contributed by atoms with E-state index in [2.05, 4.69) is 34.6 Å². The van der Waals surface area contributed by atoms with E-state index in [9.17, 15) is 4.79 Å². The van der Waals surface area contributed by atoms with Crippen molar-refractivity contribution in [3.05, 3.63) is 12.2 Å². The number of hydrogen-bond donors (Lipinski definition) is 1. The van der Waals surface area contributed by atoms with Gasteiger partial charge in [-0.3, -0.25) is 0 Å². The maximum absolute atomic E-state index is 10.4. The van der Waals surface area contributed by atoms with E-state index in [1.54, 1.807) is 6.08 Å². The maximum Gasteiger partial charge on any atom is 0.327 e. The zero-order valence-corrected chi connectivity index (χ0v) is 9.22. The van der Waals surface area contributed by atoms with Crippen LogP contribution < -0.4 is 0 Å². The molecule has 1 N–H and O–H groups in total. The second-order valence-electron chi connectivity index (χ2n) is 4.63. The highest BCUT2D eigenvalue weighted by Crippen LogP contribution is 2.42. The predicted molar refractivity (Wildman–Crippen MR) is 54.6 cm³/mol. The third kappa shape index (κ3) is 3.21. The van der Waals surface area contributed by atoms with Crippen LogP contribution in [0.3, 0.4) is 0 Å². The van der Waals surface area contributed by atoms with Crippen LogP contribution in [0.5, 0.6) is 0 Å². The summed E-state index contributed by atoms with van der Waals surface area (Å²) in [6, 6.07) is 0. The van der Waals surface area contributed by atoms with Crippen molar-refractivity contribution in [2.45, 2.75) is 41.0 Å². The average Bonchev–Trinajstić information content (AvgIpc) is 2.01. The summed E-state index contributed by atoms with van der Waals surface area (Å²) in [5.41, 5.74) is 0.0408. The minimum atomic E-state index is -0.875. The minimum Gasteiger partial charge on any atom is -0.478 e. The Morgan fingerprint density at radius 3 is 2.08 bits per heavy atom. The van der Waals surface area contributed by atoms with Gasteiger partial charge in [-0.05, 0) is 10.8 Å². The molecule has 0 aromatic carbocycles. The molecule has 0 aliphatic carbocycles. The number of carboxylic acids is 1. The lowest BCUT2D eigenvalue weighted by atomic mass is 9.66. The zero-order valence-electron chi connectivity index (χ0n) is 9.22. The van der Waals surface area contributed by atoms with Crippen LogP contribution in [0.1, 0.15) is 41.0 Å². The SMILES string of the molecule is CCC(C)(C)C(C)(C)C=CC(=O)O. The van der Waals surface area contributed by atoms with Gasteiger partial charge < -0.3 is 5.11 Å². The van der Waals surface area contributed by atoms with Crippen molar-refractivity contribution in [3.8, 4) is 0 Å². The molecule has 0 radical (unpaired) electrons. The van der Waals surface area contributed by atoms with E-state index in [0.717, 1.165) is 6.42 Å². The van der Waals surface area contributed by atoms with Crippen LogP contribution in [0.15, 0.2) is 12.2 Å². The molecule has 0 heterocycles. The van der Waals surface area contributed by atoms with Gasteiger partial charge in [0, 0.05) is 6.08 Å². The van der Waals surface area contributed by atoms with Crippen LogP contribution in [0.2, 0.25) is 0 Å².